The predicted molar refractivity (Wildman–Crippen MR) is 208 cm³/mol. The standard InChI is InChI=1S/C43H39Cl2N3O8/c1-3-56-36-20-24(6-17-35(36)50)38-29-14-15-30-37(41(53)47(39(30)51)19-18-23-4-10-27(49)11-5-23)31(29)22-32-40(52)48(46-34-16-9-26(44)21-33(34)45)42(54)43(32,38)25-7-12-28(55-2)13-8-25/h4-14,16-17,20-21,30-32,37-38,46,49-50H,3,15,18-19,22H2,1-2H3. The number of phenolic OH excluding ortho intramolecular Hbond substituents is 2. The maximum Gasteiger partial charge on any atom is 0.260 e. The molecule has 0 bridgehead atoms. The molecule has 4 amide bonds. The molecule has 3 fully saturated rings. The van der Waals surface area contributed by atoms with Crippen LogP contribution < -0.4 is 14.9 Å². The second kappa shape index (κ2) is 14.5. The van der Waals surface area contributed by atoms with Crippen LogP contribution in [0.2, 0.25) is 10.0 Å². The number of halogens is 2. The number of imide groups is 2. The lowest BCUT2D eigenvalue weighted by molar-refractivity contribution is -0.141. The van der Waals surface area contributed by atoms with Crippen molar-refractivity contribution in [3.63, 3.8) is 0 Å². The number of anilines is 1. The number of hydrogen-bond acceptors (Lipinski definition) is 9. The van der Waals surface area contributed by atoms with Crippen LogP contribution in [0.5, 0.6) is 23.0 Å². The first-order chi connectivity index (χ1) is 27.0. The first kappa shape index (κ1) is 37.4. The average molecular weight is 797 g/mol. The number of likely N-dealkylation sites (tertiary alicyclic amines) is 1. The topological polar surface area (TPSA) is 146 Å². The summed E-state index contributed by atoms with van der Waals surface area (Å²) in [5.74, 6) is -4.68. The summed E-state index contributed by atoms with van der Waals surface area (Å²) < 4.78 is 11.3. The van der Waals surface area contributed by atoms with E-state index in [2.05, 4.69) is 5.43 Å². The molecule has 2 heterocycles. The lowest BCUT2D eigenvalue weighted by Crippen LogP contribution is -2.53. The molecular weight excluding hydrogens is 757 g/mol. The molecule has 8 rings (SSSR count). The number of allylic oxidation sites excluding steroid dienone is 2. The number of hydrazine groups is 1. The Morgan fingerprint density at radius 3 is 2.32 bits per heavy atom. The van der Waals surface area contributed by atoms with E-state index in [0.717, 1.165) is 16.1 Å². The molecule has 6 atom stereocenters. The first-order valence-electron chi connectivity index (χ1n) is 18.5. The normalized spacial score (nSPS) is 25.4. The minimum absolute atomic E-state index is 0.0916. The number of phenols is 2. The summed E-state index contributed by atoms with van der Waals surface area (Å²) in [4.78, 5) is 60.3. The van der Waals surface area contributed by atoms with Crippen molar-refractivity contribution >= 4 is 52.5 Å². The Kier molecular flexibility index (Phi) is 9.70. The monoisotopic (exact) mass is 795 g/mol. The van der Waals surface area contributed by atoms with E-state index < -0.39 is 46.8 Å². The lowest BCUT2D eigenvalue weighted by atomic mass is 9.49. The summed E-state index contributed by atoms with van der Waals surface area (Å²) in [6.07, 6.45) is 2.75. The predicted octanol–water partition coefficient (Wildman–Crippen LogP) is 7.04. The van der Waals surface area contributed by atoms with Crippen LogP contribution in [0, 0.1) is 23.7 Å². The van der Waals surface area contributed by atoms with Crippen molar-refractivity contribution in [1.82, 2.24) is 9.91 Å². The third-order valence-electron chi connectivity index (χ3n) is 11.8. The highest BCUT2D eigenvalue weighted by molar-refractivity contribution is 6.36. The van der Waals surface area contributed by atoms with Gasteiger partial charge in [0, 0.05) is 17.5 Å². The molecule has 11 nitrogen and oxygen atoms in total. The van der Waals surface area contributed by atoms with E-state index >= 15 is 4.79 Å². The number of aromatic hydroxyl groups is 2. The zero-order valence-electron chi connectivity index (χ0n) is 30.6. The minimum atomic E-state index is -1.56. The van der Waals surface area contributed by atoms with Gasteiger partial charge in [-0.05, 0) is 103 Å². The van der Waals surface area contributed by atoms with Gasteiger partial charge in [0.25, 0.3) is 11.8 Å². The molecule has 2 aliphatic carbocycles. The van der Waals surface area contributed by atoms with Crippen LogP contribution in [0.25, 0.3) is 0 Å². The molecular formula is C43H39Cl2N3O8. The Labute approximate surface area is 333 Å². The van der Waals surface area contributed by atoms with Gasteiger partial charge in [0.05, 0.1) is 47.6 Å². The van der Waals surface area contributed by atoms with Crippen molar-refractivity contribution in [3.05, 3.63) is 123 Å². The van der Waals surface area contributed by atoms with Gasteiger partial charge in [-0.25, -0.2) is 0 Å². The molecule has 4 aromatic carbocycles. The molecule has 13 heteroatoms. The fourth-order valence-corrected chi connectivity index (χ4v) is 9.84. The zero-order chi connectivity index (χ0) is 39.5. The molecule has 288 valence electrons. The summed E-state index contributed by atoms with van der Waals surface area (Å²) in [5.41, 5.74) is 4.50. The molecule has 2 saturated heterocycles. The summed E-state index contributed by atoms with van der Waals surface area (Å²) in [6, 6.07) is 23.3. The van der Waals surface area contributed by atoms with E-state index in [0.29, 0.717) is 34.0 Å². The van der Waals surface area contributed by atoms with E-state index in [1.807, 2.05) is 6.08 Å². The molecule has 0 spiro atoms. The number of ether oxygens (including phenoxy) is 2. The Hall–Kier alpha value is -5.52. The number of nitrogens with one attached hydrogen (secondary N) is 1. The van der Waals surface area contributed by atoms with Crippen LogP contribution in [0.1, 0.15) is 42.4 Å². The lowest BCUT2D eigenvalue weighted by Gasteiger charge is -2.50. The summed E-state index contributed by atoms with van der Waals surface area (Å²) >= 11 is 12.7. The van der Waals surface area contributed by atoms with E-state index in [9.17, 15) is 24.6 Å². The van der Waals surface area contributed by atoms with Crippen molar-refractivity contribution in [1.29, 1.82) is 0 Å². The van der Waals surface area contributed by atoms with Crippen molar-refractivity contribution < 1.29 is 38.9 Å². The van der Waals surface area contributed by atoms with Crippen molar-refractivity contribution in [2.24, 2.45) is 23.7 Å². The molecule has 1 saturated carbocycles. The Balaban J connectivity index is 1.28. The maximum absolute atomic E-state index is 15.5. The van der Waals surface area contributed by atoms with Crippen LogP contribution in [0.3, 0.4) is 0 Å². The van der Waals surface area contributed by atoms with Gasteiger partial charge in [0.1, 0.15) is 11.5 Å². The van der Waals surface area contributed by atoms with Crippen molar-refractivity contribution in [3.8, 4) is 23.0 Å². The SMILES string of the molecule is CCOc1cc(C2C3=CCC4C(=O)N(CCc5ccc(O)cc5)C(=O)C4C3CC3C(=O)N(Nc4ccc(Cl)cc4Cl)C(=O)C32c2ccc(OC)cc2)ccc1O. The van der Waals surface area contributed by atoms with Gasteiger partial charge < -0.3 is 19.7 Å². The van der Waals surface area contributed by atoms with Gasteiger partial charge in [-0.1, -0.05) is 65.2 Å². The highest BCUT2D eigenvalue weighted by Gasteiger charge is 2.70. The Morgan fingerprint density at radius 2 is 1.62 bits per heavy atom. The fraction of sp³-hybridized carbons (Fsp3) is 0.302. The molecule has 56 heavy (non-hydrogen) atoms. The molecule has 3 N–H and O–H groups in total. The molecule has 2 aliphatic heterocycles. The van der Waals surface area contributed by atoms with Gasteiger partial charge in [-0.2, -0.15) is 5.01 Å². The Morgan fingerprint density at radius 1 is 0.875 bits per heavy atom. The molecule has 0 aromatic heterocycles. The van der Waals surface area contributed by atoms with E-state index in [1.54, 1.807) is 86.8 Å². The second-order valence-corrected chi connectivity index (χ2v) is 15.5. The van der Waals surface area contributed by atoms with Crippen molar-refractivity contribution in [2.45, 2.75) is 37.5 Å². The number of hydrogen-bond donors (Lipinski definition) is 3. The average Bonchev–Trinajstić information content (AvgIpc) is 3.56. The van der Waals surface area contributed by atoms with Crippen molar-refractivity contribution in [2.75, 3.05) is 25.7 Å². The van der Waals surface area contributed by atoms with E-state index in [4.69, 9.17) is 32.7 Å². The number of carbonyl (C=O) groups is 4. The van der Waals surface area contributed by atoms with Gasteiger partial charge in [-0.15, -0.1) is 0 Å². The van der Waals surface area contributed by atoms with Crippen LogP contribution in [0.4, 0.5) is 5.69 Å². The number of rotatable bonds is 10. The second-order valence-electron chi connectivity index (χ2n) is 14.6. The number of fused-ring (bicyclic) bond motifs is 4. The summed E-state index contributed by atoms with van der Waals surface area (Å²) in [5, 5.41) is 22.1. The molecule has 4 aromatic rings. The van der Waals surface area contributed by atoms with Gasteiger partial charge in [-0.3, -0.25) is 29.5 Å². The third-order valence-corrected chi connectivity index (χ3v) is 12.4. The van der Waals surface area contributed by atoms with Crippen LogP contribution in [-0.2, 0) is 31.0 Å². The highest BCUT2D eigenvalue weighted by Crippen LogP contribution is 2.64. The largest absolute Gasteiger partial charge is 0.508 e. The van der Waals surface area contributed by atoms with Gasteiger partial charge >= 0.3 is 0 Å². The number of methoxy groups -OCH3 is 1. The van der Waals surface area contributed by atoms with Crippen LogP contribution in [0.15, 0.2) is 96.6 Å². The third kappa shape index (κ3) is 5.95. The first-order valence-corrected chi connectivity index (χ1v) is 19.3. The Bertz CT molecular complexity index is 2280. The zero-order valence-corrected chi connectivity index (χ0v) is 32.1. The summed E-state index contributed by atoms with van der Waals surface area (Å²) in [6.45, 7) is 2.21. The van der Waals surface area contributed by atoms with Gasteiger partial charge in [0.15, 0.2) is 11.5 Å². The number of nitrogens with zero attached hydrogens (tertiary/aromatic N) is 2. The number of amides is 4. The van der Waals surface area contributed by atoms with Crippen LogP contribution >= 0.6 is 23.2 Å². The van der Waals surface area contributed by atoms with Gasteiger partial charge in [0.2, 0.25) is 11.8 Å². The van der Waals surface area contributed by atoms with E-state index in [1.165, 1.54) is 17.0 Å². The number of carbonyl (C=O) groups excluding carboxylic acids is 4. The maximum atomic E-state index is 15.5. The van der Waals surface area contributed by atoms with E-state index in [-0.39, 0.29) is 60.1 Å². The summed E-state index contributed by atoms with van der Waals surface area (Å²) in [7, 11) is 1.54. The molecule has 6 unspecified atom stereocenters. The highest BCUT2D eigenvalue weighted by atomic mass is 35.5. The molecule has 4 aliphatic rings. The number of benzene rings is 4. The van der Waals surface area contributed by atoms with Crippen LogP contribution in [-0.4, -0.2) is 64.0 Å². The fourth-order valence-electron chi connectivity index (χ4n) is 9.39. The quantitative estimate of drug-likeness (QED) is 0.114. The minimum Gasteiger partial charge on any atom is -0.508 e. The molecule has 0 radical (unpaired) electrons. The smallest absolute Gasteiger partial charge is 0.260 e.